The van der Waals surface area contributed by atoms with Gasteiger partial charge in [-0.2, -0.15) is 5.26 Å². The van der Waals surface area contributed by atoms with Gasteiger partial charge in [0, 0.05) is 32.4 Å². The van der Waals surface area contributed by atoms with Crippen LogP contribution in [0.4, 0.5) is 5.82 Å². The Labute approximate surface area is 124 Å². The van der Waals surface area contributed by atoms with Crippen molar-refractivity contribution < 1.29 is 4.79 Å². The molecule has 20 heavy (non-hydrogen) atoms. The van der Waals surface area contributed by atoms with Gasteiger partial charge in [0.25, 0.3) is 0 Å². The smallest absolute Gasteiger partial charge is 0.239 e. The Bertz CT molecular complexity index is 506. The number of pyridine rings is 1. The molecule has 0 bridgehead atoms. The first-order valence-corrected chi connectivity index (χ1v) is 6.27. The Kier molecular flexibility index (Phi) is 5.74. The van der Waals surface area contributed by atoms with E-state index in [4.69, 9.17) is 11.0 Å². The summed E-state index contributed by atoms with van der Waals surface area (Å²) in [5, 5.41) is 8.87. The third kappa shape index (κ3) is 3.59. The first kappa shape index (κ1) is 16.2. The van der Waals surface area contributed by atoms with Gasteiger partial charge in [0.15, 0.2) is 0 Å². The maximum Gasteiger partial charge on any atom is 0.239 e. The Hall–Kier alpha value is -1.84. The molecule has 1 aliphatic rings. The monoisotopic (exact) mass is 295 g/mol. The van der Waals surface area contributed by atoms with E-state index in [0.29, 0.717) is 31.7 Å². The summed E-state index contributed by atoms with van der Waals surface area (Å²) in [6.07, 6.45) is 1.63. The van der Waals surface area contributed by atoms with E-state index in [1.165, 1.54) is 0 Å². The molecule has 0 aliphatic carbocycles. The number of nitrogens with two attached hydrogens (primary N) is 1. The van der Waals surface area contributed by atoms with Crippen LogP contribution < -0.4 is 10.6 Å². The van der Waals surface area contributed by atoms with Crippen LogP contribution in [0.25, 0.3) is 0 Å². The molecule has 2 N–H and O–H groups in total. The average molecular weight is 296 g/mol. The highest BCUT2D eigenvalue weighted by molar-refractivity contribution is 5.85. The first-order chi connectivity index (χ1) is 9.11. The summed E-state index contributed by atoms with van der Waals surface area (Å²) in [5.41, 5.74) is 6.19. The third-order valence-corrected chi connectivity index (χ3v) is 3.18. The fourth-order valence-electron chi connectivity index (χ4n) is 2.10. The summed E-state index contributed by atoms with van der Waals surface area (Å²) < 4.78 is 0. The van der Waals surface area contributed by atoms with Crippen molar-refractivity contribution in [1.82, 2.24) is 9.88 Å². The molecule has 0 spiro atoms. The largest absolute Gasteiger partial charge is 0.353 e. The van der Waals surface area contributed by atoms with Crippen LogP contribution in [0.5, 0.6) is 0 Å². The van der Waals surface area contributed by atoms with E-state index in [9.17, 15) is 4.79 Å². The number of aromatic nitrogens is 1. The summed E-state index contributed by atoms with van der Waals surface area (Å²) in [6.45, 7) is 4.39. The molecule has 7 heteroatoms. The summed E-state index contributed by atoms with van der Waals surface area (Å²) in [6, 6.07) is 5.10. The van der Waals surface area contributed by atoms with Crippen LogP contribution in [0.2, 0.25) is 0 Å². The van der Waals surface area contributed by atoms with Crippen LogP contribution >= 0.6 is 12.4 Å². The number of nitriles is 1. The van der Waals surface area contributed by atoms with Gasteiger partial charge in [0.05, 0.1) is 17.7 Å². The number of rotatable bonds is 2. The molecule has 1 fully saturated rings. The topological polar surface area (TPSA) is 86.3 Å². The SMILES string of the molecule is C[C@@H](N)C(=O)N1CCN(c2cc(C#N)ccn2)CC1.Cl. The van der Waals surface area contributed by atoms with Crippen LogP contribution in [0.1, 0.15) is 12.5 Å². The minimum Gasteiger partial charge on any atom is -0.353 e. The van der Waals surface area contributed by atoms with Gasteiger partial charge >= 0.3 is 0 Å². The van der Waals surface area contributed by atoms with Crippen molar-refractivity contribution >= 4 is 24.1 Å². The van der Waals surface area contributed by atoms with E-state index in [1.807, 2.05) is 0 Å². The molecule has 0 radical (unpaired) electrons. The van der Waals surface area contributed by atoms with Gasteiger partial charge < -0.3 is 15.5 Å². The zero-order valence-electron chi connectivity index (χ0n) is 11.3. The average Bonchev–Trinajstić information content (AvgIpc) is 2.46. The van der Waals surface area contributed by atoms with Gasteiger partial charge in [0.1, 0.15) is 5.82 Å². The van der Waals surface area contributed by atoms with Crippen molar-refractivity contribution in [3.63, 3.8) is 0 Å². The second-order valence-electron chi connectivity index (χ2n) is 4.62. The number of anilines is 1. The Morgan fingerprint density at radius 2 is 2.10 bits per heavy atom. The maximum absolute atomic E-state index is 11.8. The number of amides is 1. The molecule has 2 heterocycles. The lowest BCUT2D eigenvalue weighted by Crippen LogP contribution is -2.52. The fourth-order valence-corrected chi connectivity index (χ4v) is 2.10. The lowest BCUT2D eigenvalue weighted by atomic mass is 10.2. The van der Waals surface area contributed by atoms with Gasteiger partial charge in [-0.1, -0.05) is 0 Å². The predicted octanol–water partition coefficient (Wildman–Crippen LogP) is 0.371. The summed E-state index contributed by atoms with van der Waals surface area (Å²) >= 11 is 0. The van der Waals surface area contributed by atoms with Crippen molar-refractivity contribution in [2.75, 3.05) is 31.1 Å². The molecule has 0 saturated carbocycles. The van der Waals surface area contributed by atoms with Crippen LogP contribution in [-0.4, -0.2) is 48.0 Å². The number of hydrogen-bond donors (Lipinski definition) is 1. The molecule has 0 unspecified atom stereocenters. The van der Waals surface area contributed by atoms with Gasteiger partial charge in [-0.3, -0.25) is 4.79 Å². The summed E-state index contributed by atoms with van der Waals surface area (Å²) in [7, 11) is 0. The van der Waals surface area contributed by atoms with Crippen molar-refractivity contribution in [1.29, 1.82) is 5.26 Å². The minimum absolute atomic E-state index is 0. The van der Waals surface area contributed by atoms with Crippen LogP contribution in [-0.2, 0) is 4.79 Å². The van der Waals surface area contributed by atoms with Crippen molar-refractivity contribution in [3.8, 4) is 6.07 Å². The van der Waals surface area contributed by atoms with Gasteiger partial charge in [0.2, 0.25) is 5.91 Å². The van der Waals surface area contributed by atoms with E-state index >= 15 is 0 Å². The van der Waals surface area contributed by atoms with E-state index in [-0.39, 0.29) is 18.3 Å². The molecule has 2 rings (SSSR count). The number of carbonyl (C=O) groups excluding carboxylic acids is 1. The highest BCUT2D eigenvalue weighted by Gasteiger charge is 2.23. The van der Waals surface area contributed by atoms with E-state index in [0.717, 1.165) is 5.82 Å². The zero-order chi connectivity index (χ0) is 13.8. The van der Waals surface area contributed by atoms with Crippen LogP contribution in [0.3, 0.4) is 0 Å². The molecule has 6 nitrogen and oxygen atoms in total. The van der Waals surface area contributed by atoms with Gasteiger partial charge in [-0.25, -0.2) is 4.98 Å². The Balaban J connectivity index is 0.00000200. The quantitative estimate of drug-likeness (QED) is 0.852. The minimum atomic E-state index is -0.452. The molecule has 0 aromatic carbocycles. The van der Waals surface area contributed by atoms with Crippen molar-refractivity contribution in [3.05, 3.63) is 23.9 Å². The highest BCUT2D eigenvalue weighted by Crippen LogP contribution is 2.15. The number of hydrogen-bond acceptors (Lipinski definition) is 5. The third-order valence-electron chi connectivity index (χ3n) is 3.18. The van der Waals surface area contributed by atoms with Crippen molar-refractivity contribution in [2.24, 2.45) is 5.73 Å². The normalized spacial score (nSPS) is 16.1. The second kappa shape index (κ2) is 7.08. The first-order valence-electron chi connectivity index (χ1n) is 6.27. The molecule has 1 aromatic heterocycles. The van der Waals surface area contributed by atoms with Crippen LogP contribution in [0.15, 0.2) is 18.3 Å². The lowest BCUT2D eigenvalue weighted by molar-refractivity contribution is -0.132. The number of carbonyl (C=O) groups is 1. The summed E-state index contributed by atoms with van der Waals surface area (Å²) in [5.74, 6) is 0.769. The molecular weight excluding hydrogens is 278 g/mol. The number of halogens is 1. The maximum atomic E-state index is 11.8. The van der Waals surface area contributed by atoms with Crippen LogP contribution in [0, 0.1) is 11.3 Å². The lowest BCUT2D eigenvalue weighted by Gasteiger charge is -2.36. The van der Waals surface area contributed by atoms with Gasteiger partial charge in [-0.05, 0) is 19.1 Å². The summed E-state index contributed by atoms with van der Waals surface area (Å²) in [4.78, 5) is 19.9. The number of piperazine rings is 1. The predicted molar refractivity (Wildman–Crippen MR) is 78.6 cm³/mol. The molecule has 1 saturated heterocycles. The second-order valence-corrected chi connectivity index (χ2v) is 4.62. The molecule has 1 aliphatic heterocycles. The van der Waals surface area contributed by atoms with E-state index < -0.39 is 6.04 Å². The molecule has 108 valence electrons. The molecular formula is C13H18ClN5O. The van der Waals surface area contributed by atoms with E-state index in [1.54, 1.807) is 30.2 Å². The standard InChI is InChI=1S/C13H17N5O.ClH/c1-10(15)13(19)18-6-4-17(5-7-18)12-8-11(9-14)2-3-16-12;/h2-3,8,10H,4-7,15H2,1H3;1H/t10-;/m1./s1. The molecule has 1 atom stereocenters. The highest BCUT2D eigenvalue weighted by atomic mass is 35.5. The van der Waals surface area contributed by atoms with Gasteiger partial charge in [-0.15, -0.1) is 12.4 Å². The Morgan fingerprint density at radius 1 is 1.45 bits per heavy atom. The zero-order valence-corrected chi connectivity index (χ0v) is 12.1. The van der Waals surface area contributed by atoms with E-state index in [2.05, 4.69) is 16.0 Å². The van der Waals surface area contributed by atoms with Crippen molar-refractivity contribution in [2.45, 2.75) is 13.0 Å². The fraction of sp³-hybridized carbons (Fsp3) is 0.462. The molecule has 1 aromatic rings. The molecule has 1 amide bonds. The Morgan fingerprint density at radius 3 is 2.65 bits per heavy atom. The number of nitrogens with zero attached hydrogens (tertiary/aromatic N) is 4.